The van der Waals surface area contributed by atoms with Gasteiger partial charge in [0.05, 0.1) is 12.4 Å². The van der Waals surface area contributed by atoms with Crippen molar-refractivity contribution in [3.63, 3.8) is 0 Å². The number of aromatic nitrogens is 2. The molecule has 0 amide bonds. The number of ether oxygens (including phenoxy) is 2. The molecular weight excluding hydrogens is 284 g/mol. The summed E-state index contributed by atoms with van der Waals surface area (Å²) in [4.78, 5) is 35.8. The molecule has 1 aliphatic heterocycles. The van der Waals surface area contributed by atoms with E-state index in [-0.39, 0.29) is 6.42 Å². The van der Waals surface area contributed by atoms with Crippen molar-refractivity contribution in [3.05, 3.63) is 45.9 Å². The Kier molecular flexibility index (Phi) is 4.24. The lowest BCUT2D eigenvalue weighted by atomic mass is 10.1. The van der Waals surface area contributed by atoms with Crippen LogP contribution in [0.4, 0.5) is 0 Å². The molecule has 3 N–H and O–H groups in total. The molecule has 9 heteroatoms. The second-order valence-electron chi connectivity index (χ2n) is 4.44. The van der Waals surface area contributed by atoms with Crippen molar-refractivity contribution in [1.82, 2.24) is 9.55 Å². The van der Waals surface area contributed by atoms with Crippen molar-refractivity contribution in [1.29, 1.82) is 0 Å². The summed E-state index contributed by atoms with van der Waals surface area (Å²) < 4.78 is 11.3. The van der Waals surface area contributed by atoms with Crippen LogP contribution in [-0.2, 0) is 14.3 Å². The van der Waals surface area contributed by atoms with Gasteiger partial charge in [-0.2, -0.15) is 0 Å². The van der Waals surface area contributed by atoms with Gasteiger partial charge < -0.3 is 19.7 Å². The summed E-state index contributed by atoms with van der Waals surface area (Å²) in [7, 11) is 0. The predicted octanol–water partition coefficient (Wildman–Crippen LogP) is -1.20. The summed E-state index contributed by atoms with van der Waals surface area (Å²) in [6.07, 6.45) is -2.51. The number of nitrogens with one attached hydrogen (secondary N) is 1. The van der Waals surface area contributed by atoms with Crippen LogP contribution >= 0.6 is 0 Å². The van der Waals surface area contributed by atoms with E-state index in [0.717, 1.165) is 16.9 Å². The molecule has 0 aromatic carbocycles. The molecule has 0 spiro atoms. The standard InChI is InChI=1S/C12H14N2O7/c1-2-20-10(11(17)18)9-6(15)5-8(21-9)14-4-3-7(16)13-12(14)19/h2-4,6,8-10,15H,1,5H2,(H,17,18)(H,13,16,19)/t6-,8+,9-,10?/m0/s1. The highest BCUT2D eigenvalue weighted by Gasteiger charge is 2.44. The van der Waals surface area contributed by atoms with Gasteiger partial charge in [0.1, 0.15) is 12.3 Å². The van der Waals surface area contributed by atoms with Crippen LogP contribution in [-0.4, -0.2) is 44.0 Å². The average molecular weight is 298 g/mol. The Morgan fingerprint density at radius 1 is 1.62 bits per heavy atom. The van der Waals surface area contributed by atoms with E-state index in [1.165, 1.54) is 6.20 Å². The van der Waals surface area contributed by atoms with E-state index >= 15 is 0 Å². The van der Waals surface area contributed by atoms with Gasteiger partial charge in [0.15, 0.2) is 0 Å². The molecule has 0 aliphatic carbocycles. The largest absolute Gasteiger partial charge is 0.484 e. The first-order valence-corrected chi connectivity index (χ1v) is 6.08. The number of carboxylic acids is 1. The van der Waals surface area contributed by atoms with Crippen molar-refractivity contribution in [2.75, 3.05) is 0 Å². The van der Waals surface area contributed by atoms with Gasteiger partial charge >= 0.3 is 11.7 Å². The highest BCUT2D eigenvalue weighted by atomic mass is 16.6. The van der Waals surface area contributed by atoms with Crippen molar-refractivity contribution in [2.24, 2.45) is 0 Å². The lowest BCUT2D eigenvalue weighted by Crippen LogP contribution is -2.41. The quantitative estimate of drug-likeness (QED) is 0.582. The fourth-order valence-electron chi connectivity index (χ4n) is 2.15. The van der Waals surface area contributed by atoms with E-state index in [2.05, 4.69) is 6.58 Å². The highest BCUT2D eigenvalue weighted by molar-refractivity contribution is 5.73. The summed E-state index contributed by atoms with van der Waals surface area (Å²) in [5, 5.41) is 19.0. The fraction of sp³-hybridized carbons (Fsp3) is 0.417. The van der Waals surface area contributed by atoms with Gasteiger partial charge in [0, 0.05) is 18.7 Å². The minimum absolute atomic E-state index is 0.0130. The summed E-state index contributed by atoms with van der Waals surface area (Å²) in [5.74, 6) is -1.33. The van der Waals surface area contributed by atoms with E-state index in [4.69, 9.17) is 14.6 Å². The lowest BCUT2D eigenvalue weighted by molar-refractivity contribution is -0.161. The van der Waals surface area contributed by atoms with E-state index in [0.29, 0.717) is 0 Å². The fourth-order valence-corrected chi connectivity index (χ4v) is 2.15. The third-order valence-electron chi connectivity index (χ3n) is 3.08. The number of H-pyrrole nitrogens is 1. The van der Waals surface area contributed by atoms with Crippen LogP contribution in [0.25, 0.3) is 0 Å². The molecule has 114 valence electrons. The molecule has 1 aliphatic rings. The Hall–Kier alpha value is -2.39. The van der Waals surface area contributed by atoms with Gasteiger partial charge in [0.2, 0.25) is 6.10 Å². The molecule has 1 saturated heterocycles. The number of aromatic amines is 1. The first kappa shape index (κ1) is 15.0. The second kappa shape index (κ2) is 5.94. The van der Waals surface area contributed by atoms with Crippen LogP contribution in [0.5, 0.6) is 0 Å². The molecule has 0 bridgehead atoms. The summed E-state index contributed by atoms with van der Waals surface area (Å²) in [6.45, 7) is 3.26. The van der Waals surface area contributed by atoms with E-state index in [1.54, 1.807) is 0 Å². The molecular formula is C12H14N2O7. The second-order valence-corrected chi connectivity index (χ2v) is 4.44. The SMILES string of the molecule is C=COC(C(=O)O)[C@H]1O[C@@H](n2ccc(=O)[nH]c2=O)C[C@@H]1O. The zero-order chi connectivity index (χ0) is 15.6. The number of aliphatic hydroxyl groups is 1. The monoisotopic (exact) mass is 298 g/mol. The first-order chi connectivity index (χ1) is 9.93. The normalized spacial score (nSPS) is 26.2. The Labute approximate surface area is 118 Å². The van der Waals surface area contributed by atoms with E-state index < -0.39 is 41.8 Å². The summed E-state index contributed by atoms with van der Waals surface area (Å²) in [5.41, 5.74) is -1.28. The molecule has 2 rings (SSSR count). The first-order valence-electron chi connectivity index (χ1n) is 6.08. The maximum Gasteiger partial charge on any atom is 0.347 e. The average Bonchev–Trinajstić information content (AvgIpc) is 2.77. The molecule has 4 atom stereocenters. The number of hydrogen-bond donors (Lipinski definition) is 3. The van der Waals surface area contributed by atoms with Crippen LogP contribution in [0.2, 0.25) is 0 Å². The molecule has 1 unspecified atom stereocenters. The molecule has 9 nitrogen and oxygen atoms in total. The molecule has 0 radical (unpaired) electrons. The van der Waals surface area contributed by atoms with Crippen LogP contribution in [0.3, 0.4) is 0 Å². The van der Waals surface area contributed by atoms with Gasteiger partial charge in [-0.3, -0.25) is 14.3 Å². The Morgan fingerprint density at radius 2 is 2.33 bits per heavy atom. The van der Waals surface area contributed by atoms with Crippen LogP contribution in [0.15, 0.2) is 34.7 Å². The van der Waals surface area contributed by atoms with Crippen LogP contribution in [0.1, 0.15) is 12.6 Å². The Bertz CT molecular complexity index is 649. The maximum atomic E-state index is 11.7. The minimum atomic E-state index is -1.44. The number of rotatable bonds is 5. The minimum Gasteiger partial charge on any atom is -0.484 e. The molecule has 1 aromatic heterocycles. The molecule has 0 saturated carbocycles. The smallest absolute Gasteiger partial charge is 0.347 e. The number of carbonyl (C=O) groups is 1. The predicted molar refractivity (Wildman–Crippen MR) is 68.6 cm³/mol. The summed E-state index contributed by atoms with van der Waals surface area (Å²) in [6, 6.07) is 1.12. The molecule has 2 heterocycles. The topological polar surface area (TPSA) is 131 Å². The highest BCUT2D eigenvalue weighted by Crippen LogP contribution is 2.30. The van der Waals surface area contributed by atoms with Gasteiger partial charge in [-0.25, -0.2) is 9.59 Å². The molecule has 1 fully saturated rings. The Balaban J connectivity index is 2.24. The van der Waals surface area contributed by atoms with Crippen molar-refractivity contribution in [3.8, 4) is 0 Å². The zero-order valence-electron chi connectivity index (χ0n) is 10.8. The Morgan fingerprint density at radius 3 is 2.90 bits per heavy atom. The number of carboxylic acid groups (broad SMARTS) is 1. The third kappa shape index (κ3) is 3.03. The zero-order valence-corrected chi connectivity index (χ0v) is 10.8. The number of nitrogens with zero attached hydrogens (tertiary/aromatic N) is 1. The van der Waals surface area contributed by atoms with E-state index in [1.807, 2.05) is 4.98 Å². The maximum absolute atomic E-state index is 11.7. The van der Waals surface area contributed by atoms with Gasteiger partial charge in [-0.05, 0) is 0 Å². The lowest BCUT2D eigenvalue weighted by Gasteiger charge is -2.21. The third-order valence-corrected chi connectivity index (χ3v) is 3.08. The number of aliphatic hydroxyl groups excluding tert-OH is 1. The van der Waals surface area contributed by atoms with Gasteiger partial charge in [-0.1, -0.05) is 6.58 Å². The van der Waals surface area contributed by atoms with Crippen LogP contribution < -0.4 is 11.2 Å². The van der Waals surface area contributed by atoms with Gasteiger partial charge in [-0.15, -0.1) is 0 Å². The summed E-state index contributed by atoms with van der Waals surface area (Å²) >= 11 is 0. The number of hydrogen-bond acceptors (Lipinski definition) is 6. The van der Waals surface area contributed by atoms with Crippen molar-refractivity contribution in [2.45, 2.75) is 31.0 Å². The van der Waals surface area contributed by atoms with Gasteiger partial charge in [0.25, 0.3) is 5.56 Å². The van der Waals surface area contributed by atoms with Crippen molar-refractivity contribution < 1.29 is 24.5 Å². The van der Waals surface area contributed by atoms with Crippen LogP contribution in [0, 0.1) is 0 Å². The number of aliphatic carboxylic acids is 1. The molecule has 21 heavy (non-hydrogen) atoms. The van der Waals surface area contributed by atoms with Crippen molar-refractivity contribution >= 4 is 5.97 Å². The molecule has 1 aromatic rings. The van der Waals surface area contributed by atoms with E-state index in [9.17, 15) is 19.5 Å².